The van der Waals surface area contributed by atoms with Gasteiger partial charge < -0.3 is 14.5 Å². The van der Waals surface area contributed by atoms with Crippen LogP contribution in [0.15, 0.2) is 18.2 Å². The summed E-state index contributed by atoms with van der Waals surface area (Å²) >= 11 is 6.35. The average Bonchev–Trinajstić information content (AvgIpc) is 2.73. The molecule has 4 aliphatic rings. The van der Waals surface area contributed by atoms with Gasteiger partial charge in [-0.2, -0.15) is 0 Å². The van der Waals surface area contributed by atoms with Crippen LogP contribution in [-0.4, -0.2) is 42.1 Å². The SMILES string of the molecule is CO[C@@H]1C[C@@H]2N[C@H](C1)N2c1nc(Cl)nc2c1CN(c1cc(C(C)C)ccc1C)CC2. The summed E-state index contributed by atoms with van der Waals surface area (Å²) in [6, 6.07) is 6.84. The molecule has 3 atom stereocenters. The van der Waals surface area contributed by atoms with E-state index >= 15 is 0 Å². The largest absolute Gasteiger partial charge is 0.381 e. The van der Waals surface area contributed by atoms with Crippen LogP contribution in [-0.2, 0) is 17.7 Å². The minimum absolute atomic E-state index is 0.255. The van der Waals surface area contributed by atoms with Gasteiger partial charge in [0.25, 0.3) is 0 Å². The third-order valence-electron chi connectivity index (χ3n) is 6.86. The minimum atomic E-state index is 0.255. The summed E-state index contributed by atoms with van der Waals surface area (Å²) < 4.78 is 5.60. The molecule has 5 heterocycles. The van der Waals surface area contributed by atoms with Crippen molar-refractivity contribution in [2.75, 3.05) is 23.5 Å². The Kier molecular flexibility index (Phi) is 5.12. The van der Waals surface area contributed by atoms with Crippen molar-refractivity contribution in [3.8, 4) is 0 Å². The number of piperidine rings is 2. The molecule has 1 aromatic carbocycles. The fourth-order valence-electron chi connectivity index (χ4n) is 5.08. The number of nitrogens with one attached hydrogen (secondary N) is 1. The van der Waals surface area contributed by atoms with Crippen molar-refractivity contribution in [1.29, 1.82) is 0 Å². The summed E-state index contributed by atoms with van der Waals surface area (Å²) in [4.78, 5) is 14.2. The Morgan fingerprint density at radius 2 is 1.97 bits per heavy atom. The van der Waals surface area contributed by atoms with E-state index in [1.54, 1.807) is 7.11 Å². The second-order valence-electron chi connectivity index (χ2n) is 9.05. The van der Waals surface area contributed by atoms with Gasteiger partial charge in [-0.25, -0.2) is 9.97 Å². The first-order valence-electron chi connectivity index (χ1n) is 10.9. The van der Waals surface area contributed by atoms with E-state index in [0.29, 0.717) is 17.3 Å². The minimum Gasteiger partial charge on any atom is -0.381 e. The molecular formula is C23H30ClN5O. The summed E-state index contributed by atoms with van der Waals surface area (Å²) in [5.41, 5.74) is 6.31. The molecule has 0 radical (unpaired) electrons. The molecule has 3 fully saturated rings. The molecule has 0 saturated carbocycles. The van der Waals surface area contributed by atoms with Crippen LogP contribution in [0.5, 0.6) is 0 Å². The van der Waals surface area contributed by atoms with Crippen LogP contribution >= 0.6 is 11.6 Å². The summed E-state index contributed by atoms with van der Waals surface area (Å²) in [5, 5.41) is 3.97. The Balaban J connectivity index is 1.48. The molecule has 4 aliphatic heterocycles. The van der Waals surface area contributed by atoms with Gasteiger partial charge in [-0.3, -0.25) is 5.32 Å². The van der Waals surface area contributed by atoms with E-state index in [-0.39, 0.29) is 12.3 Å². The van der Waals surface area contributed by atoms with Gasteiger partial charge >= 0.3 is 0 Å². The maximum atomic E-state index is 6.35. The normalized spacial score (nSPS) is 25.3. The number of nitrogens with zero attached hydrogens (tertiary/aromatic N) is 4. The molecule has 2 aromatic rings. The van der Waals surface area contributed by atoms with E-state index in [4.69, 9.17) is 21.3 Å². The predicted molar refractivity (Wildman–Crippen MR) is 120 cm³/mol. The summed E-state index contributed by atoms with van der Waals surface area (Å²) in [6.45, 7) is 8.45. The van der Waals surface area contributed by atoms with Crippen LogP contribution < -0.4 is 15.1 Å². The highest BCUT2D eigenvalue weighted by Gasteiger charge is 2.47. The Morgan fingerprint density at radius 1 is 1.20 bits per heavy atom. The quantitative estimate of drug-likeness (QED) is 0.744. The van der Waals surface area contributed by atoms with Gasteiger partial charge in [-0.05, 0) is 41.6 Å². The van der Waals surface area contributed by atoms with Crippen molar-refractivity contribution in [3.05, 3.63) is 45.9 Å². The van der Waals surface area contributed by atoms with E-state index in [1.807, 2.05) is 0 Å². The first kappa shape index (κ1) is 20.0. The van der Waals surface area contributed by atoms with Crippen molar-refractivity contribution >= 4 is 23.1 Å². The summed E-state index contributed by atoms with van der Waals surface area (Å²) in [5.74, 6) is 1.51. The van der Waals surface area contributed by atoms with Crippen molar-refractivity contribution < 1.29 is 4.74 Å². The van der Waals surface area contributed by atoms with Gasteiger partial charge in [0.1, 0.15) is 5.82 Å². The molecule has 0 spiro atoms. The molecule has 160 valence electrons. The third kappa shape index (κ3) is 3.35. The fraction of sp³-hybridized carbons (Fsp3) is 0.565. The van der Waals surface area contributed by atoms with Crippen LogP contribution in [0.3, 0.4) is 0 Å². The van der Waals surface area contributed by atoms with Crippen molar-refractivity contribution in [2.45, 2.75) is 70.9 Å². The number of hydrogen-bond donors (Lipinski definition) is 1. The smallest absolute Gasteiger partial charge is 0.224 e. The van der Waals surface area contributed by atoms with Crippen LogP contribution in [0.25, 0.3) is 0 Å². The summed E-state index contributed by atoms with van der Waals surface area (Å²) in [6.07, 6.45) is 3.62. The molecule has 2 bridgehead atoms. The number of aryl methyl sites for hydroxylation is 1. The van der Waals surface area contributed by atoms with Gasteiger partial charge in [-0.15, -0.1) is 0 Å². The van der Waals surface area contributed by atoms with E-state index in [1.165, 1.54) is 22.4 Å². The van der Waals surface area contributed by atoms with Gasteiger partial charge in [-0.1, -0.05) is 26.0 Å². The van der Waals surface area contributed by atoms with Crippen LogP contribution in [0.1, 0.15) is 55.0 Å². The number of aromatic nitrogens is 2. The monoisotopic (exact) mass is 427 g/mol. The highest BCUT2D eigenvalue weighted by atomic mass is 35.5. The fourth-order valence-corrected chi connectivity index (χ4v) is 5.26. The lowest BCUT2D eigenvalue weighted by Gasteiger charge is -2.56. The molecule has 1 N–H and O–H groups in total. The number of fused-ring (bicyclic) bond motifs is 3. The predicted octanol–water partition coefficient (Wildman–Crippen LogP) is 4.00. The zero-order valence-corrected chi connectivity index (χ0v) is 18.9. The second kappa shape index (κ2) is 7.66. The highest BCUT2D eigenvalue weighted by Crippen LogP contribution is 2.39. The van der Waals surface area contributed by atoms with Gasteiger partial charge in [0.15, 0.2) is 0 Å². The van der Waals surface area contributed by atoms with Gasteiger partial charge in [0.2, 0.25) is 5.28 Å². The average molecular weight is 428 g/mol. The standard InChI is InChI=1S/C23H30ClN5O/c1-13(2)15-6-5-14(3)19(9-15)28-8-7-18-17(12-28)22(27-23(24)25-18)29-20-10-16(30-4)11-21(29)26-20/h5-6,9,13,16,20-21,26H,7-8,10-12H2,1-4H3/t16-,20-,21+. The molecular weight excluding hydrogens is 398 g/mol. The molecule has 0 aliphatic carbocycles. The number of hydrogen-bond acceptors (Lipinski definition) is 6. The van der Waals surface area contributed by atoms with Crippen molar-refractivity contribution in [3.63, 3.8) is 0 Å². The number of anilines is 2. The summed E-state index contributed by atoms with van der Waals surface area (Å²) in [7, 11) is 1.80. The zero-order valence-electron chi connectivity index (χ0n) is 18.2. The molecule has 30 heavy (non-hydrogen) atoms. The number of methoxy groups -OCH3 is 1. The van der Waals surface area contributed by atoms with Crippen LogP contribution in [0.4, 0.5) is 11.5 Å². The number of halogens is 1. The second-order valence-corrected chi connectivity index (χ2v) is 9.39. The zero-order chi connectivity index (χ0) is 21.0. The van der Waals surface area contributed by atoms with E-state index in [0.717, 1.165) is 43.9 Å². The highest BCUT2D eigenvalue weighted by molar-refractivity contribution is 6.28. The first-order chi connectivity index (χ1) is 14.4. The maximum Gasteiger partial charge on any atom is 0.224 e. The number of benzene rings is 1. The molecule has 3 saturated heterocycles. The van der Waals surface area contributed by atoms with E-state index in [9.17, 15) is 0 Å². The first-order valence-corrected chi connectivity index (χ1v) is 11.3. The molecule has 0 unspecified atom stereocenters. The lowest BCUT2D eigenvalue weighted by atomic mass is 9.93. The Morgan fingerprint density at radius 3 is 2.67 bits per heavy atom. The van der Waals surface area contributed by atoms with E-state index in [2.05, 4.69) is 59.1 Å². The van der Waals surface area contributed by atoms with Gasteiger partial charge in [0.05, 0.1) is 24.1 Å². The topological polar surface area (TPSA) is 53.5 Å². The number of ether oxygens (including phenoxy) is 1. The molecule has 1 aromatic heterocycles. The van der Waals surface area contributed by atoms with Crippen molar-refractivity contribution in [1.82, 2.24) is 15.3 Å². The van der Waals surface area contributed by atoms with Crippen LogP contribution in [0.2, 0.25) is 5.28 Å². The lowest BCUT2D eigenvalue weighted by molar-refractivity contribution is 0.00710. The Bertz CT molecular complexity index is 953. The third-order valence-corrected chi connectivity index (χ3v) is 7.03. The van der Waals surface area contributed by atoms with E-state index < -0.39 is 0 Å². The Hall–Kier alpha value is -1.89. The molecule has 7 heteroatoms. The lowest BCUT2D eigenvalue weighted by Crippen LogP contribution is -2.75. The molecule has 0 amide bonds. The number of rotatable bonds is 4. The van der Waals surface area contributed by atoms with Crippen molar-refractivity contribution in [2.24, 2.45) is 0 Å². The molecule has 6 nitrogen and oxygen atoms in total. The Labute approximate surface area is 183 Å². The van der Waals surface area contributed by atoms with Gasteiger partial charge in [0, 0.05) is 50.7 Å². The van der Waals surface area contributed by atoms with Crippen LogP contribution in [0, 0.1) is 6.92 Å². The molecule has 6 rings (SSSR count). The maximum absolute atomic E-state index is 6.35.